The van der Waals surface area contributed by atoms with Crippen molar-refractivity contribution in [2.45, 2.75) is 13.8 Å². The van der Waals surface area contributed by atoms with E-state index in [1.54, 1.807) is 30.3 Å². The Morgan fingerprint density at radius 1 is 1.12 bits per heavy atom. The number of aryl methyl sites for hydroxylation is 2. The Balaban J connectivity index is 2.20. The van der Waals surface area contributed by atoms with Gasteiger partial charge in [0, 0.05) is 10.2 Å². The fourth-order valence-corrected chi connectivity index (χ4v) is 3.42. The molecule has 2 aromatic carbocycles. The van der Waals surface area contributed by atoms with E-state index in [9.17, 15) is 13.2 Å². The number of carbonyl (C=O) groups is 1. The van der Waals surface area contributed by atoms with Crippen molar-refractivity contribution in [2.24, 2.45) is 0 Å². The van der Waals surface area contributed by atoms with E-state index in [0.29, 0.717) is 11.4 Å². The van der Waals surface area contributed by atoms with Gasteiger partial charge in [-0.1, -0.05) is 28.1 Å². The Kier molecular flexibility index (Phi) is 5.66. The predicted molar refractivity (Wildman–Crippen MR) is 101 cm³/mol. The van der Waals surface area contributed by atoms with Crippen molar-refractivity contribution < 1.29 is 13.2 Å². The average molecular weight is 411 g/mol. The molecule has 0 spiro atoms. The van der Waals surface area contributed by atoms with Crippen LogP contribution in [-0.4, -0.2) is 27.1 Å². The van der Waals surface area contributed by atoms with Crippen molar-refractivity contribution in [3.63, 3.8) is 0 Å². The van der Waals surface area contributed by atoms with Gasteiger partial charge in [0.1, 0.15) is 6.54 Å². The molecule has 0 atom stereocenters. The number of nitrogens with one attached hydrogen (secondary N) is 1. The normalized spacial score (nSPS) is 11.2. The second-order valence-corrected chi connectivity index (χ2v) is 8.42. The summed E-state index contributed by atoms with van der Waals surface area (Å²) in [4.78, 5) is 12.3. The zero-order valence-corrected chi connectivity index (χ0v) is 16.1. The van der Waals surface area contributed by atoms with E-state index in [2.05, 4.69) is 21.2 Å². The summed E-state index contributed by atoms with van der Waals surface area (Å²) in [7, 11) is -3.59. The molecule has 0 saturated heterocycles. The Morgan fingerprint density at radius 3 is 2.42 bits per heavy atom. The van der Waals surface area contributed by atoms with Crippen molar-refractivity contribution in [1.82, 2.24) is 0 Å². The van der Waals surface area contributed by atoms with Crippen LogP contribution in [-0.2, 0) is 14.8 Å². The molecule has 0 saturated carbocycles. The van der Waals surface area contributed by atoms with Gasteiger partial charge in [0.25, 0.3) is 0 Å². The molecule has 0 unspecified atom stereocenters. The van der Waals surface area contributed by atoms with Crippen LogP contribution in [0.15, 0.2) is 46.9 Å². The van der Waals surface area contributed by atoms with E-state index in [1.807, 2.05) is 26.0 Å². The first-order valence-electron chi connectivity index (χ1n) is 7.27. The van der Waals surface area contributed by atoms with Gasteiger partial charge in [-0.25, -0.2) is 8.42 Å². The van der Waals surface area contributed by atoms with Crippen LogP contribution in [0.25, 0.3) is 0 Å². The third kappa shape index (κ3) is 4.82. The number of carbonyl (C=O) groups excluding carboxylic acids is 1. The minimum atomic E-state index is -3.59. The van der Waals surface area contributed by atoms with E-state index < -0.39 is 15.9 Å². The van der Waals surface area contributed by atoms with Crippen LogP contribution in [0, 0.1) is 13.8 Å². The monoisotopic (exact) mass is 410 g/mol. The third-order valence-electron chi connectivity index (χ3n) is 3.57. The number of halogens is 1. The number of amides is 1. The summed E-state index contributed by atoms with van der Waals surface area (Å²) in [5.74, 6) is -0.399. The predicted octanol–water partition coefficient (Wildman–Crippen LogP) is 3.47. The van der Waals surface area contributed by atoms with E-state index >= 15 is 0 Å². The van der Waals surface area contributed by atoms with Crippen LogP contribution in [0.2, 0.25) is 0 Å². The second kappa shape index (κ2) is 7.36. The molecule has 0 aliphatic carbocycles. The molecule has 1 N–H and O–H groups in total. The highest BCUT2D eigenvalue weighted by atomic mass is 79.9. The van der Waals surface area contributed by atoms with Crippen molar-refractivity contribution >= 4 is 43.2 Å². The lowest BCUT2D eigenvalue weighted by Crippen LogP contribution is -2.37. The van der Waals surface area contributed by atoms with Gasteiger partial charge in [-0.2, -0.15) is 0 Å². The number of rotatable bonds is 5. The van der Waals surface area contributed by atoms with Gasteiger partial charge < -0.3 is 5.32 Å². The smallest absolute Gasteiger partial charge is 0.245 e. The van der Waals surface area contributed by atoms with Gasteiger partial charge >= 0.3 is 0 Å². The highest BCUT2D eigenvalue weighted by molar-refractivity contribution is 9.10. The molecule has 5 nitrogen and oxygen atoms in total. The second-order valence-electron chi connectivity index (χ2n) is 5.60. The molecule has 2 rings (SSSR count). The fourth-order valence-electron chi connectivity index (χ4n) is 2.18. The van der Waals surface area contributed by atoms with E-state index in [4.69, 9.17) is 0 Å². The number of nitrogens with zero attached hydrogens (tertiary/aromatic N) is 1. The number of hydrogen-bond acceptors (Lipinski definition) is 3. The first kappa shape index (κ1) is 18.5. The average Bonchev–Trinajstić information content (AvgIpc) is 2.47. The Labute approximate surface area is 150 Å². The van der Waals surface area contributed by atoms with Crippen molar-refractivity contribution in [3.8, 4) is 0 Å². The Hall–Kier alpha value is -1.86. The number of hydrogen-bond donors (Lipinski definition) is 1. The van der Waals surface area contributed by atoms with Gasteiger partial charge in [0.05, 0.1) is 11.9 Å². The highest BCUT2D eigenvalue weighted by Crippen LogP contribution is 2.22. The maximum absolute atomic E-state index is 12.3. The van der Waals surface area contributed by atoms with Crippen LogP contribution in [0.4, 0.5) is 11.4 Å². The van der Waals surface area contributed by atoms with Gasteiger partial charge in [-0.05, 0) is 55.3 Å². The zero-order chi connectivity index (χ0) is 17.9. The summed E-state index contributed by atoms with van der Waals surface area (Å²) >= 11 is 3.31. The quantitative estimate of drug-likeness (QED) is 0.820. The van der Waals surface area contributed by atoms with Gasteiger partial charge in [-0.3, -0.25) is 9.10 Å². The number of benzene rings is 2. The lowest BCUT2D eigenvalue weighted by Gasteiger charge is -2.22. The number of anilines is 2. The molecule has 0 aliphatic heterocycles. The fraction of sp³-hybridized carbons (Fsp3) is 0.235. The molecule has 24 heavy (non-hydrogen) atoms. The highest BCUT2D eigenvalue weighted by Gasteiger charge is 2.21. The molecule has 0 aliphatic rings. The zero-order valence-electron chi connectivity index (χ0n) is 13.7. The lowest BCUT2D eigenvalue weighted by atomic mass is 10.1. The van der Waals surface area contributed by atoms with Gasteiger partial charge in [0.2, 0.25) is 15.9 Å². The molecule has 2 aromatic rings. The largest absolute Gasteiger partial charge is 0.325 e. The molecule has 1 amide bonds. The van der Waals surface area contributed by atoms with Crippen LogP contribution in [0.5, 0.6) is 0 Å². The molecule has 128 valence electrons. The SMILES string of the molecule is Cc1ccc(NC(=O)CN(c2cccc(Br)c2)S(C)(=O)=O)cc1C. The first-order chi connectivity index (χ1) is 11.2. The lowest BCUT2D eigenvalue weighted by molar-refractivity contribution is -0.114. The van der Waals surface area contributed by atoms with Gasteiger partial charge in [0.15, 0.2) is 0 Å². The number of sulfonamides is 1. The molecule has 7 heteroatoms. The molecule has 0 radical (unpaired) electrons. The molecular formula is C17H19BrN2O3S. The minimum Gasteiger partial charge on any atom is -0.325 e. The molecule has 0 bridgehead atoms. The van der Waals surface area contributed by atoms with Crippen molar-refractivity contribution in [3.05, 3.63) is 58.1 Å². The van der Waals surface area contributed by atoms with Crippen LogP contribution < -0.4 is 9.62 Å². The molecule has 0 aromatic heterocycles. The molecule has 0 heterocycles. The van der Waals surface area contributed by atoms with Gasteiger partial charge in [-0.15, -0.1) is 0 Å². The standard InChI is InChI=1S/C17H19BrN2O3S/c1-12-7-8-15(9-13(12)2)19-17(21)11-20(24(3,22)23)16-6-4-5-14(18)10-16/h4-10H,11H2,1-3H3,(H,19,21). The summed E-state index contributed by atoms with van der Waals surface area (Å²) in [5, 5.41) is 2.74. The summed E-state index contributed by atoms with van der Waals surface area (Å²) < 4.78 is 25.9. The summed E-state index contributed by atoms with van der Waals surface area (Å²) in [6, 6.07) is 12.4. The summed E-state index contributed by atoms with van der Waals surface area (Å²) in [6.45, 7) is 3.65. The maximum atomic E-state index is 12.3. The summed E-state index contributed by atoms with van der Waals surface area (Å²) in [6.07, 6.45) is 1.08. The first-order valence-corrected chi connectivity index (χ1v) is 9.91. The topological polar surface area (TPSA) is 66.5 Å². The summed E-state index contributed by atoms with van der Waals surface area (Å²) in [5.41, 5.74) is 3.26. The van der Waals surface area contributed by atoms with Crippen LogP contribution in [0.3, 0.4) is 0 Å². The third-order valence-corrected chi connectivity index (χ3v) is 5.21. The molecule has 0 fully saturated rings. The van der Waals surface area contributed by atoms with E-state index in [-0.39, 0.29) is 6.54 Å². The Morgan fingerprint density at radius 2 is 1.83 bits per heavy atom. The van der Waals surface area contributed by atoms with E-state index in [1.165, 1.54) is 0 Å². The van der Waals surface area contributed by atoms with E-state index in [0.717, 1.165) is 26.2 Å². The maximum Gasteiger partial charge on any atom is 0.245 e. The van der Waals surface area contributed by atoms with Crippen molar-refractivity contribution in [1.29, 1.82) is 0 Å². The minimum absolute atomic E-state index is 0.289. The van der Waals surface area contributed by atoms with Crippen LogP contribution in [0.1, 0.15) is 11.1 Å². The molecular weight excluding hydrogens is 392 g/mol. The van der Waals surface area contributed by atoms with Crippen LogP contribution >= 0.6 is 15.9 Å². The van der Waals surface area contributed by atoms with Crippen molar-refractivity contribution in [2.75, 3.05) is 22.4 Å². The Bertz CT molecular complexity index is 866.